The number of nitrogens with zero attached hydrogens (tertiary/aromatic N) is 1. The number of hydrogen-bond acceptors (Lipinski definition) is 3. The summed E-state index contributed by atoms with van der Waals surface area (Å²) in [4.78, 5) is 24.1. The van der Waals surface area contributed by atoms with Gasteiger partial charge in [0.15, 0.2) is 0 Å². The summed E-state index contributed by atoms with van der Waals surface area (Å²) in [6.07, 6.45) is 1.16. The average Bonchev–Trinajstić information content (AvgIpc) is 2.53. The fourth-order valence-electron chi connectivity index (χ4n) is 2.22. The van der Waals surface area contributed by atoms with Gasteiger partial charge in [0.1, 0.15) is 0 Å². The zero-order chi connectivity index (χ0) is 12.3. The first-order chi connectivity index (χ1) is 7.41. The number of rotatable bonds is 4. The third-order valence-electron chi connectivity index (χ3n) is 3.05. The smallest absolute Gasteiger partial charge is 0.303 e. The van der Waals surface area contributed by atoms with E-state index in [9.17, 15) is 9.59 Å². The minimum atomic E-state index is -0.911. The van der Waals surface area contributed by atoms with E-state index in [1.54, 1.807) is 4.90 Å². The molecule has 0 aromatic rings. The van der Waals surface area contributed by atoms with Gasteiger partial charge >= 0.3 is 5.97 Å². The van der Waals surface area contributed by atoms with E-state index in [1.807, 2.05) is 6.92 Å². The van der Waals surface area contributed by atoms with Gasteiger partial charge in [-0.3, -0.25) is 9.59 Å². The molecule has 1 aliphatic rings. The summed E-state index contributed by atoms with van der Waals surface area (Å²) in [5.74, 6) is -0.519. The number of nitrogens with two attached hydrogens (primary N) is 1. The van der Waals surface area contributed by atoms with Crippen LogP contribution < -0.4 is 5.73 Å². The van der Waals surface area contributed by atoms with Crippen molar-refractivity contribution < 1.29 is 14.7 Å². The van der Waals surface area contributed by atoms with Crippen LogP contribution in [-0.4, -0.2) is 40.5 Å². The van der Waals surface area contributed by atoms with E-state index in [4.69, 9.17) is 10.8 Å². The molecule has 1 fully saturated rings. The highest BCUT2D eigenvalue weighted by Crippen LogP contribution is 2.23. The molecular formula is C11H20N2O3. The van der Waals surface area contributed by atoms with Crippen LogP contribution in [0.25, 0.3) is 0 Å². The molecule has 0 aliphatic carbocycles. The number of carbonyl (C=O) groups excluding carboxylic acids is 1. The number of aliphatic carboxylic acids is 1. The number of likely N-dealkylation sites (tertiary alicyclic amines) is 1. The van der Waals surface area contributed by atoms with Crippen LogP contribution in [0, 0.1) is 5.92 Å². The lowest BCUT2D eigenvalue weighted by atomic mass is 10.1. The number of carboxylic acids is 1. The van der Waals surface area contributed by atoms with E-state index in [1.165, 1.54) is 0 Å². The molecule has 0 aromatic heterocycles. The standard InChI is InChI=1S/C11H20N2O3/c1-7-5-8(2)13(6-7)11(16)9(12)3-4-10(14)15/h7-9H,3-6,12H2,1-2H3,(H,14,15). The zero-order valence-electron chi connectivity index (χ0n) is 9.85. The lowest BCUT2D eigenvalue weighted by Gasteiger charge is -2.24. The maximum absolute atomic E-state index is 11.9. The lowest BCUT2D eigenvalue weighted by molar-refractivity contribution is -0.137. The first-order valence-corrected chi connectivity index (χ1v) is 5.69. The molecule has 3 unspecified atom stereocenters. The first kappa shape index (κ1) is 13.0. The number of amides is 1. The van der Waals surface area contributed by atoms with Crippen molar-refractivity contribution in [2.75, 3.05) is 6.54 Å². The molecule has 5 heteroatoms. The molecule has 1 aliphatic heterocycles. The summed E-state index contributed by atoms with van der Waals surface area (Å²) >= 11 is 0. The Morgan fingerprint density at radius 2 is 2.12 bits per heavy atom. The van der Waals surface area contributed by atoms with E-state index in [0.717, 1.165) is 13.0 Å². The topological polar surface area (TPSA) is 83.6 Å². The van der Waals surface area contributed by atoms with Gasteiger partial charge in [0.25, 0.3) is 0 Å². The average molecular weight is 228 g/mol. The van der Waals surface area contributed by atoms with Crippen molar-refractivity contribution in [1.82, 2.24) is 4.90 Å². The van der Waals surface area contributed by atoms with Gasteiger partial charge in [-0.2, -0.15) is 0 Å². The van der Waals surface area contributed by atoms with E-state index in [-0.39, 0.29) is 24.8 Å². The molecule has 0 spiro atoms. The molecule has 16 heavy (non-hydrogen) atoms. The van der Waals surface area contributed by atoms with E-state index < -0.39 is 12.0 Å². The van der Waals surface area contributed by atoms with Crippen molar-refractivity contribution >= 4 is 11.9 Å². The molecule has 0 saturated carbocycles. The minimum Gasteiger partial charge on any atom is -0.481 e. The van der Waals surface area contributed by atoms with Crippen LogP contribution in [0.1, 0.15) is 33.1 Å². The summed E-state index contributed by atoms with van der Waals surface area (Å²) in [6.45, 7) is 4.85. The summed E-state index contributed by atoms with van der Waals surface area (Å²) in [7, 11) is 0. The SMILES string of the molecule is CC1CC(C)N(C(=O)C(N)CCC(=O)O)C1. The molecule has 1 amide bonds. The molecule has 1 saturated heterocycles. The predicted octanol–water partition coefficient (Wildman–Crippen LogP) is 0.435. The van der Waals surface area contributed by atoms with Gasteiger partial charge in [0.05, 0.1) is 6.04 Å². The second-order valence-corrected chi connectivity index (χ2v) is 4.72. The monoisotopic (exact) mass is 228 g/mol. The van der Waals surface area contributed by atoms with Gasteiger partial charge < -0.3 is 15.7 Å². The van der Waals surface area contributed by atoms with Gasteiger partial charge in [-0.25, -0.2) is 0 Å². The highest BCUT2D eigenvalue weighted by atomic mass is 16.4. The molecule has 92 valence electrons. The summed E-state index contributed by atoms with van der Waals surface area (Å²) in [6, 6.07) is -0.456. The maximum Gasteiger partial charge on any atom is 0.303 e. The first-order valence-electron chi connectivity index (χ1n) is 5.69. The van der Waals surface area contributed by atoms with E-state index >= 15 is 0 Å². The third-order valence-corrected chi connectivity index (χ3v) is 3.05. The highest BCUT2D eigenvalue weighted by Gasteiger charge is 2.32. The molecule has 3 N–H and O–H groups in total. The molecule has 0 radical (unpaired) electrons. The Hall–Kier alpha value is -1.10. The Labute approximate surface area is 95.6 Å². The van der Waals surface area contributed by atoms with Gasteiger partial charge in [-0.05, 0) is 25.7 Å². The Morgan fingerprint density at radius 3 is 2.56 bits per heavy atom. The van der Waals surface area contributed by atoms with Gasteiger partial charge in [0.2, 0.25) is 5.91 Å². The molecule has 3 atom stereocenters. The van der Waals surface area contributed by atoms with E-state index in [0.29, 0.717) is 5.92 Å². The second kappa shape index (κ2) is 5.30. The summed E-state index contributed by atoms with van der Waals surface area (Å²) in [5, 5.41) is 8.52. The Balaban J connectivity index is 2.47. The van der Waals surface area contributed by atoms with Gasteiger partial charge in [-0.15, -0.1) is 0 Å². The van der Waals surface area contributed by atoms with Crippen LogP contribution in [0.4, 0.5) is 0 Å². The quantitative estimate of drug-likeness (QED) is 0.731. The molecule has 0 bridgehead atoms. The Bertz CT molecular complexity index is 280. The van der Waals surface area contributed by atoms with Crippen LogP contribution in [-0.2, 0) is 9.59 Å². The molecule has 1 rings (SSSR count). The lowest BCUT2D eigenvalue weighted by Crippen LogP contribution is -2.45. The third kappa shape index (κ3) is 3.20. The predicted molar refractivity (Wildman–Crippen MR) is 59.8 cm³/mol. The van der Waals surface area contributed by atoms with Crippen molar-refractivity contribution in [2.45, 2.75) is 45.2 Å². The van der Waals surface area contributed by atoms with Crippen LogP contribution in [0.2, 0.25) is 0 Å². The zero-order valence-corrected chi connectivity index (χ0v) is 9.85. The normalized spacial score (nSPS) is 26.8. The van der Waals surface area contributed by atoms with Crippen molar-refractivity contribution in [3.8, 4) is 0 Å². The van der Waals surface area contributed by atoms with Gasteiger partial charge in [-0.1, -0.05) is 6.92 Å². The maximum atomic E-state index is 11.9. The van der Waals surface area contributed by atoms with Crippen molar-refractivity contribution in [3.63, 3.8) is 0 Å². The Morgan fingerprint density at radius 1 is 1.50 bits per heavy atom. The highest BCUT2D eigenvalue weighted by molar-refractivity contribution is 5.82. The van der Waals surface area contributed by atoms with Crippen molar-refractivity contribution in [3.05, 3.63) is 0 Å². The number of carboxylic acid groups (broad SMARTS) is 1. The summed E-state index contributed by atoms with van der Waals surface area (Å²) in [5.41, 5.74) is 5.70. The molecule has 0 aromatic carbocycles. The van der Waals surface area contributed by atoms with Crippen LogP contribution in [0.5, 0.6) is 0 Å². The fraction of sp³-hybridized carbons (Fsp3) is 0.818. The number of hydrogen-bond donors (Lipinski definition) is 2. The largest absolute Gasteiger partial charge is 0.481 e. The molecule has 1 heterocycles. The van der Waals surface area contributed by atoms with Crippen LogP contribution >= 0.6 is 0 Å². The van der Waals surface area contributed by atoms with Crippen molar-refractivity contribution in [2.24, 2.45) is 11.7 Å². The van der Waals surface area contributed by atoms with Gasteiger partial charge in [0, 0.05) is 19.0 Å². The molecular weight excluding hydrogens is 208 g/mol. The Kier molecular flexibility index (Phi) is 4.29. The van der Waals surface area contributed by atoms with Crippen LogP contribution in [0.3, 0.4) is 0 Å². The fourth-order valence-corrected chi connectivity index (χ4v) is 2.22. The number of carbonyl (C=O) groups is 2. The molecule has 5 nitrogen and oxygen atoms in total. The van der Waals surface area contributed by atoms with E-state index in [2.05, 4.69) is 6.92 Å². The minimum absolute atomic E-state index is 0.0509. The summed E-state index contributed by atoms with van der Waals surface area (Å²) < 4.78 is 0. The second-order valence-electron chi connectivity index (χ2n) is 4.72. The van der Waals surface area contributed by atoms with Crippen molar-refractivity contribution in [1.29, 1.82) is 0 Å². The van der Waals surface area contributed by atoms with Crippen LogP contribution in [0.15, 0.2) is 0 Å².